The normalized spacial score (nSPS) is 21.9. The monoisotopic (exact) mass is 156 g/mol. The summed E-state index contributed by atoms with van der Waals surface area (Å²) in [6.07, 6.45) is 4.91. The Hall–Kier alpha value is -0.570. The SMILES string of the molecule is NCCC1(C(N)=O)CCCC1. The maximum absolute atomic E-state index is 11.1. The fourth-order valence-electron chi connectivity index (χ4n) is 1.95. The van der Waals surface area contributed by atoms with Gasteiger partial charge in [0, 0.05) is 0 Å². The lowest BCUT2D eigenvalue weighted by molar-refractivity contribution is -0.127. The summed E-state index contributed by atoms with van der Waals surface area (Å²) in [6.45, 7) is 0.572. The van der Waals surface area contributed by atoms with Crippen molar-refractivity contribution in [1.29, 1.82) is 0 Å². The Bertz CT molecular complexity index is 150. The van der Waals surface area contributed by atoms with Gasteiger partial charge in [-0.1, -0.05) is 12.8 Å². The predicted molar refractivity (Wildman–Crippen MR) is 43.8 cm³/mol. The minimum absolute atomic E-state index is 0.152. The number of amides is 1. The van der Waals surface area contributed by atoms with Crippen molar-refractivity contribution in [2.45, 2.75) is 32.1 Å². The molecule has 0 aromatic rings. The Balaban J connectivity index is 2.62. The highest BCUT2D eigenvalue weighted by Gasteiger charge is 2.38. The van der Waals surface area contributed by atoms with Gasteiger partial charge in [-0.15, -0.1) is 0 Å². The number of carbonyl (C=O) groups excluding carboxylic acids is 1. The molecule has 0 atom stereocenters. The molecule has 1 aliphatic carbocycles. The van der Waals surface area contributed by atoms with Gasteiger partial charge in [-0.05, 0) is 25.8 Å². The van der Waals surface area contributed by atoms with Crippen LogP contribution in [0.3, 0.4) is 0 Å². The first-order valence-electron chi connectivity index (χ1n) is 4.21. The number of hydrogen-bond acceptors (Lipinski definition) is 2. The fourth-order valence-corrected chi connectivity index (χ4v) is 1.95. The Morgan fingerprint density at radius 3 is 2.27 bits per heavy atom. The third-order valence-corrected chi connectivity index (χ3v) is 2.71. The van der Waals surface area contributed by atoms with Gasteiger partial charge >= 0.3 is 0 Å². The van der Waals surface area contributed by atoms with Crippen LogP contribution in [-0.4, -0.2) is 12.5 Å². The first-order chi connectivity index (χ1) is 5.21. The van der Waals surface area contributed by atoms with E-state index < -0.39 is 0 Å². The number of rotatable bonds is 3. The van der Waals surface area contributed by atoms with Gasteiger partial charge in [0.25, 0.3) is 0 Å². The Labute approximate surface area is 67.1 Å². The summed E-state index contributed by atoms with van der Waals surface area (Å²) in [5.41, 5.74) is 10.5. The van der Waals surface area contributed by atoms with E-state index >= 15 is 0 Å². The van der Waals surface area contributed by atoms with Crippen LogP contribution in [-0.2, 0) is 4.79 Å². The van der Waals surface area contributed by atoms with Crippen LogP contribution in [0.5, 0.6) is 0 Å². The van der Waals surface area contributed by atoms with E-state index in [9.17, 15) is 4.79 Å². The van der Waals surface area contributed by atoms with Crippen molar-refractivity contribution in [2.75, 3.05) is 6.54 Å². The minimum Gasteiger partial charge on any atom is -0.369 e. The molecule has 0 aromatic heterocycles. The lowest BCUT2D eigenvalue weighted by Gasteiger charge is -2.23. The van der Waals surface area contributed by atoms with E-state index in [1.165, 1.54) is 0 Å². The van der Waals surface area contributed by atoms with E-state index in [0.29, 0.717) is 6.54 Å². The standard InChI is InChI=1S/C8H16N2O/c9-6-5-8(7(10)11)3-1-2-4-8/h1-6,9H2,(H2,10,11). The zero-order valence-electron chi connectivity index (χ0n) is 6.81. The van der Waals surface area contributed by atoms with Crippen molar-refractivity contribution in [1.82, 2.24) is 0 Å². The lowest BCUT2D eigenvalue weighted by Crippen LogP contribution is -2.36. The molecule has 64 valence electrons. The second-order valence-electron chi connectivity index (χ2n) is 3.39. The van der Waals surface area contributed by atoms with Gasteiger partial charge in [0.05, 0.1) is 5.41 Å². The summed E-state index contributed by atoms with van der Waals surface area (Å²) < 4.78 is 0. The van der Waals surface area contributed by atoms with Crippen LogP contribution in [0.1, 0.15) is 32.1 Å². The van der Waals surface area contributed by atoms with Crippen LogP contribution in [0.15, 0.2) is 0 Å². The van der Waals surface area contributed by atoms with Crippen molar-refractivity contribution in [3.8, 4) is 0 Å². The average Bonchev–Trinajstić information content (AvgIpc) is 2.38. The Kier molecular flexibility index (Phi) is 2.49. The summed E-state index contributed by atoms with van der Waals surface area (Å²) in [5.74, 6) is -0.152. The number of hydrogen-bond donors (Lipinski definition) is 2. The van der Waals surface area contributed by atoms with Crippen LogP contribution in [0.4, 0.5) is 0 Å². The molecule has 4 N–H and O–H groups in total. The Morgan fingerprint density at radius 2 is 1.91 bits per heavy atom. The molecule has 0 aromatic carbocycles. The lowest BCUT2D eigenvalue weighted by atomic mass is 9.82. The molecule has 1 amide bonds. The number of primary amides is 1. The van der Waals surface area contributed by atoms with Crippen LogP contribution in [0.2, 0.25) is 0 Å². The highest BCUT2D eigenvalue weighted by Crippen LogP contribution is 2.40. The van der Waals surface area contributed by atoms with E-state index in [-0.39, 0.29) is 11.3 Å². The van der Waals surface area contributed by atoms with E-state index in [0.717, 1.165) is 32.1 Å². The molecule has 0 saturated heterocycles. The quantitative estimate of drug-likeness (QED) is 0.620. The van der Waals surface area contributed by atoms with Gasteiger partial charge in [-0.2, -0.15) is 0 Å². The molecule has 1 saturated carbocycles. The summed E-state index contributed by atoms with van der Waals surface area (Å²) >= 11 is 0. The van der Waals surface area contributed by atoms with Gasteiger partial charge in [-0.25, -0.2) is 0 Å². The summed E-state index contributed by atoms with van der Waals surface area (Å²) in [5, 5.41) is 0. The van der Waals surface area contributed by atoms with Crippen molar-refractivity contribution < 1.29 is 4.79 Å². The molecule has 1 rings (SSSR count). The van der Waals surface area contributed by atoms with Crippen molar-refractivity contribution >= 4 is 5.91 Å². The zero-order valence-corrected chi connectivity index (χ0v) is 6.81. The average molecular weight is 156 g/mol. The minimum atomic E-state index is -0.241. The molecular weight excluding hydrogens is 140 g/mol. The van der Waals surface area contributed by atoms with Crippen LogP contribution < -0.4 is 11.5 Å². The molecule has 0 unspecified atom stereocenters. The first kappa shape index (κ1) is 8.53. The van der Waals surface area contributed by atoms with E-state index in [4.69, 9.17) is 11.5 Å². The summed E-state index contributed by atoms with van der Waals surface area (Å²) in [4.78, 5) is 11.1. The number of carbonyl (C=O) groups is 1. The maximum atomic E-state index is 11.1. The summed E-state index contributed by atoms with van der Waals surface area (Å²) in [6, 6.07) is 0. The molecule has 0 aliphatic heterocycles. The predicted octanol–water partition coefficient (Wildman–Crippen LogP) is 0.381. The third-order valence-electron chi connectivity index (χ3n) is 2.71. The molecule has 1 aliphatic rings. The van der Waals surface area contributed by atoms with E-state index in [2.05, 4.69) is 0 Å². The fraction of sp³-hybridized carbons (Fsp3) is 0.875. The molecule has 1 fully saturated rings. The highest BCUT2D eigenvalue weighted by molar-refractivity contribution is 5.81. The third kappa shape index (κ3) is 1.53. The highest BCUT2D eigenvalue weighted by atomic mass is 16.1. The van der Waals surface area contributed by atoms with Gasteiger partial charge in [0.15, 0.2) is 0 Å². The molecule has 3 nitrogen and oxygen atoms in total. The summed E-state index contributed by atoms with van der Waals surface area (Å²) in [7, 11) is 0. The molecule has 0 heterocycles. The molecule has 0 spiro atoms. The molecule has 0 bridgehead atoms. The van der Waals surface area contributed by atoms with E-state index in [1.807, 2.05) is 0 Å². The maximum Gasteiger partial charge on any atom is 0.223 e. The Morgan fingerprint density at radius 1 is 1.36 bits per heavy atom. The van der Waals surface area contributed by atoms with E-state index in [1.54, 1.807) is 0 Å². The molecule has 0 radical (unpaired) electrons. The smallest absolute Gasteiger partial charge is 0.223 e. The van der Waals surface area contributed by atoms with Crippen LogP contribution in [0, 0.1) is 5.41 Å². The van der Waals surface area contributed by atoms with Gasteiger partial charge in [0.1, 0.15) is 0 Å². The van der Waals surface area contributed by atoms with Crippen molar-refractivity contribution in [3.05, 3.63) is 0 Å². The van der Waals surface area contributed by atoms with Crippen molar-refractivity contribution in [2.24, 2.45) is 16.9 Å². The van der Waals surface area contributed by atoms with Gasteiger partial charge in [-0.3, -0.25) is 4.79 Å². The van der Waals surface area contributed by atoms with Crippen molar-refractivity contribution in [3.63, 3.8) is 0 Å². The van der Waals surface area contributed by atoms with Crippen LogP contribution in [0.25, 0.3) is 0 Å². The van der Waals surface area contributed by atoms with Gasteiger partial charge < -0.3 is 11.5 Å². The first-order valence-corrected chi connectivity index (χ1v) is 4.21. The molecule has 3 heteroatoms. The second-order valence-corrected chi connectivity index (χ2v) is 3.39. The topological polar surface area (TPSA) is 69.1 Å². The molecular formula is C8H16N2O. The second kappa shape index (κ2) is 3.22. The van der Waals surface area contributed by atoms with Gasteiger partial charge in [0.2, 0.25) is 5.91 Å². The largest absolute Gasteiger partial charge is 0.369 e. The molecule has 11 heavy (non-hydrogen) atoms. The van der Waals surface area contributed by atoms with Crippen LogP contribution >= 0.6 is 0 Å². The number of nitrogens with two attached hydrogens (primary N) is 2. The zero-order chi connectivity index (χ0) is 8.32.